The van der Waals surface area contributed by atoms with E-state index in [-0.39, 0.29) is 12.5 Å². The highest BCUT2D eigenvalue weighted by atomic mass is 16.5. The number of benzene rings is 1. The van der Waals surface area contributed by atoms with Crippen molar-refractivity contribution >= 4 is 5.97 Å². The molecule has 2 N–H and O–H groups in total. The fourth-order valence-corrected chi connectivity index (χ4v) is 1.68. The number of rotatable bonds is 5. The summed E-state index contributed by atoms with van der Waals surface area (Å²) in [6.07, 6.45) is 0.697. The maximum absolute atomic E-state index is 10.9. The highest BCUT2D eigenvalue weighted by Crippen LogP contribution is 2.24. The molecule has 0 radical (unpaired) electrons. The van der Waals surface area contributed by atoms with Gasteiger partial charge >= 0.3 is 5.97 Å². The minimum absolute atomic E-state index is 0.0688. The third-order valence-corrected chi connectivity index (χ3v) is 2.87. The van der Waals surface area contributed by atoms with Crippen molar-refractivity contribution in [1.29, 1.82) is 0 Å². The molecular formula is C13H19NO3. The fourth-order valence-electron chi connectivity index (χ4n) is 1.68. The SMILES string of the molecule is COc1ccc(CCOC(=O)CN)c(C)c1C. The van der Waals surface area contributed by atoms with Crippen molar-refractivity contribution in [3.05, 3.63) is 28.8 Å². The van der Waals surface area contributed by atoms with Crippen LogP contribution in [0.5, 0.6) is 5.75 Å². The Morgan fingerprint density at radius 3 is 2.59 bits per heavy atom. The van der Waals surface area contributed by atoms with Crippen LogP contribution in [0.1, 0.15) is 16.7 Å². The van der Waals surface area contributed by atoms with Crippen LogP contribution in [-0.4, -0.2) is 26.2 Å². The predicted molar refractivity (Wildman–Crippen MR) is 66.2 cm³/mol. The molecule has 0 spiro atoms. The Morgan fingerprint density at radius 1 is 1.29 bits per heavy atom. The smallest absolute Gasteiger partial charge is 0.319 e. The van der Waals surface area contributed by atoms with Gasteiger partial charge in [0.2, 0.25) is 0 Å². The number of carbonyl (C=O) groups excluding carboxylic acids is 1. The van der Waals surface area contributed by atoms with Gasteiger partial charge in [0.25, 0.3) is 0 Å². The average Bonchev–Trinajstić information content (AvgIpc) is 2.34. The average molecular weight is 237 g/mol. The van der Waals surface area contributed by atoms with E-state index in [9.17, 15) is 4.79 Å². The van der Waals surface area contributed by atoms with Crippen molar-refractivity contribution in [2.24, 2.45) is 5.73 Å². The van der Waals surface area contributed by atoms with Gasteiger partial charge in [0.15, 0.2) is 0 Å². The molecule has 0 saturated heterocycles. The number of ether oxygens (including phenoxy) is 2. The van der Waals surface area contributed by atoms with E-state index in [4.69, 9.17) is 15.2 Å². The van der Waals surface area contributed by atoms with Gasteiger partial charge in [0.1, 0.15) is 5.75 Å². The molecule has 17 heavy (non-hydrogen) atoms. The Morgan fingerprint density at radius 2 is 2.00 bits per heavy atom. The molecule has 0 aromatic heterocycles. The summed E-state index contributed by atoms with van der Waals surface area (Å²) >= 11 is 0. The first-order valence-electron chi connectivity index (χ1n) is 5.59. The van der Waals surface area contributed by atoms with Crippen LogP contribution in [0.2, 0.25) is 0 Å². The van der Waals surface area contributed by atoms with E-state index in [1.165, 1.54) is 5.56 Å². The molecule has 0 bridgehead atoms. The Balaban J connectivity index is 2.66. The summed E-state index contributed by atoms with van der Waals surface area (Å²) in [7, 11) is 1.66. The molecule has 0 amide bonds. The van der Waals surface area contributed by atoms with Crippen LogP contribution in [-0.2, 0) is 16.0 Å². The lowest BCUT2D eigenvalue weighted by Gasteiger charge is -2.12. The zero-order valence-electron chi connectivity index (χ0n) is 10.6. The number of hydrogen-bond donors (Lipinski definition) is 1. The maximum Gasteiger partial charge on any atom is 0.319 e. The van der Waals surface area contributed by atoms with E-state index in [2.05, 4.69) is 0 Å². The molecule has 0 heterocycles. The third-order valence-electron chi connectivity index (χ3n) is 2.87. The Labute approximate surface area is 102 Å². The second-order valence-corrected chi connectivity index (χ2v) is 3.85. The Bertz CT molecular complexity index is 402. The first-order valence-corrected chi connectivity index (χ1v) is 5.59. The minimum Gasteiger partial charge on any atom is -0.496 e. The van der Waals surface area contributed by atoms with Crippen LogP contribution < -0.4 is 10.5 Å². The second-order valence-electron chi connectivity index (χ2n) is 3.85. The second kappa shape index (κ2) is 6.25. The highest BCUT2D eigenvalue weighted by molar-refractivity contribution is 5.71. The van der Waals surface area contributed by atoms with Crippen LogP contribution in [0.4, 0.5) is 0 Å². The van der Waals surface area contributed by atoms with Crippen molar-refractivity contribution < 1.29 is 14.3 Å². The minimum atomic E-state index is -0.368. The van der Waals surface area contributed by atoms with Gasteiger partial charge in [0.05, 0.1) is 20.3 Å². The molecule has 0 atom stereocenters. The quantitative estimate of drug-likeness (QED) is 0.785. The zero-order valence-corrected chi connectivity index (χ0v) is 10.6. The van der Waals surface area contributed by atoms with Crippen LogP contribution in [0.15, 0.2) is 12.1 Å². The van der Waals surface area contributed by atoms with Crippen LogP contribution >= 0.6 is 0 Å². The third kappa shape index (κ3) is 3.46. The van der Waals surface area contributed by atoms with Gasteiger partial charge in [-0.3, -0.25) is 4.79 Å². The molecular weight excluding hydrogens is 218 g/mol. The Kier molecular flexibility index (Phi) is 4.97. The zero-order chi connectivity index (χ0) is 12.8. The standard InChI is InChI=1S/C13H19NO3/c1-9-10(2)12(16-3)5-4-11(9)6-7-17-13(15)8-14/h4-5H,6-8,14H2,1-3H3. The monoisotopic (exact) mass is 237 g/mol. The number of nitrogens with two attached hydrogens (primary N) is 1. The van der Waals surface area contributed by atoms with Crippen molar-refractivity contribution in [3.8, 4) is 5.75 Å². The van der Waals surface area contributed by atoms with E-state index >= 15 is 0 Å². The maximum atomic E-state index is 10.9. The van der Waals surface area contributed by atoms with E-state index in [0.29, 0.717) is 13.0 Å². The topological polar surface area (TPSA) is 61.5 Å². The summed E-state index contributed by atoms with van der Waals surface area (Å²) in [6.45, 7) is 4.35. The molecule has 1 rings (SSSR count). The molecule has 4 nitrogen and oxygen atoms in total. The molecule has 0 aliphatic heterocycles. The number of methoxy groups -OCH3 is 1. The van der Waals surface area contributed by atoms with Crippen LogP contribution in [0.25, 0.3) is 0 Å². The van der Waals surface area contributed by atoms with Gasteiger partial charge in [-0.1, -0.05) is 6.07 Å². The van der Waals surface area contributed by atoms with Gasteiger partial charge < -0.3 is 15.2 Å². The van der Waals surface area contributed by atoms with Crippen LogP contribution in [0.3, 0.4) is 0 Å². The van der Waals surface area contributed by atoms with Gasteiger partial charge in [-0.25, -0.2) is 0 Å². The molecule has 1 aromatic rings. The number of esters is 1. The largest absolute Gasteiger partial charge is 0.496 e. The summed E-state index contributed by atoms with van der Waals surface area (Å²) in [5.41, 5.74) is 8.61. The van der Waals surface area contributed by atoms with Gasteiger partial charge in [-0.15, -0.1) is 0 Å². The Hall–Kier alpha value is -1.55. The number of hydrogen-bond acceptors (Lipinski definition) is 4. The molecule has 0 unspecified atom stereocenters. The fraction of sp³-hybridized carbons (Fsp3) is 0.462. The molecule has 1 aromatic carbocycles. The van der Waals surface area contributed by atoms with Crippen molar-refractivity contribution in [2.75, 3.05) is 20.3 Å². The number of carbonyl (C=O) groups is 1. The first kappa shape index (κ1) is 13.5. The molecule has 0 saturated carbocycles. The van der Waals surface area contributed by atoms with Crippen molar-refractivity contribution in [3.63, 3.8) is 0 Å². The molecule has 0 fully saturated rings. The van der Waals surface area contributed by atoms with Crippen molar-refractivity contribution in [2.45, 2.75) is 20.3 Å². The summed E-state index contributed by atoms with van der Waals surface area (Å²) in [6, 6.07) is 3.93. The van der Waals surface area contributed by atoms with Crippen molar-refractivity contribution in [1.82, 2.24) is 0 Å². The van der Waals surface area contributed by atoms with E-state index < -0.39 is 0 Å². The van der Waals surface area contributed by atoms with Gasteiger partial charge in [0, 0.05) is 6.42 Å². The van der Waals surface area contributed by atoms with Crippen LogP contribution in [0, 0.1) is 13.8 Å². The van der Waals surface area contributed by atoms with E-state index in [1.54, 1.807) is 7.11 Å². The molecule has 4 heteroatoms. The lowest BCUT2D eigenvalue weighted by atomic mass is 10.0. The summed E-state index contributed by atoms with van der Waals surface area (Å²) < 4.78 is 10.2. The van der Waals surface area contributed by atoms with E-state index in [0.717, 1.165) is 16.9 Å². The highest BCUT2D eigenvalue weighted by Gasteiger charge is 2.07. The van der Waals surface area contributed by atoms with E-state index in [1.807, 2.05) is 26.0 Å². The predicted octanol–water partition coefficient (Wildman–Crippen LogP) is 1.36. The van der Waals surface area contributed by atoms with Gasteiger partial charge in [-0.05, 0) is 36.6 Å². The normalized spacial score (nSPS) is 10.1. The first-order chi connectivity index (χ1) is 8.10. The summed E-state index contributed by atoms with van der Waals surface area (Å²) in [4.78, 5) is 10.9. The summed E-state index contributed by atoms with van der Waals surface area (Å²) in [5, 5.41) is 0. The van der Waals surface area contributed by atoms with Gasteiger partial charge in [-0.2, -0.15) is 0 Å². The summed E-state index contributed by atoms with van der Waals surface area (Å²) in [5.74, 6) is 0.512. The molecule has 94 valence electrons. The lowest BCUT2D eigenvalue weighted by Crippen LogP contribution is -2.18. The molecule has 0 aliphatic carbocycles. The molecule has 0 aliphatic rings. The lowest BCUT2D eigenvalue weighted by molar-refractivity contribution is -0.141.